The van der Waals surface area contributed by atoms with Crippen LogP contribution in [0.3, 0.4) is 0 Å². The summed E-state index contributed by atoms with van der Waals surface area (Å²) < 4.78 is 0.708. The number of fused-ring (bicyclic) bond motifs is 1. The SMILES string of the molecule is CC(=O)/C(SC(=S)C(C)C)=C1/C(=O)Nc2ccccc21.CC(C)C(=O)O. The van der Waals surface area contributed by atoms with Crippen LogP contribution in [-0.4, -0.2) is 27.0 Å². The van der Waals surface area contributed by atoms with Crippen molar-refractivity contribution in [1.29, 1.82) is 0 Å². The van der Waals surface area contributed by atoms with Crippen LogP contribution in [-0.2, 0) is 14.4 Å². The summed E-state index contributed by atoms with van der Waals surface area (Å²) in [6.07, 6.45) is 0. The Kier molecular flexibility index (Phi) is 8.17. The van der Waals surface area contributed by atoms with E-state index in [9.17, 15) is 14.4 Å². The first-order chi connectivity index (χ1) is 12.1. The van der Waals surface area contributed by atoms with Crippen molar-refractivity contribution >= 4 is 57.1 Å². The number of benzene rings is 1. The minimum absolute atomic E-state index is 0.139. The molecule has 0 aliphatic carbocycles. The first-order valence-corrected chi connectivity index (χ1v) is 9.39. The number of aliphatic carboxylic acids is 1. The lowest BCUT2D eigenvalue weighted by atomic mass is 10.1. The number of amides is 1. The molecule has 2 N–H and O–H groups in total. The molecule has 1 aliphatic rings. The van der Waals surface area contributed by atoms with Crippen LogP contribution in [0.5, 0.6) is 0 Å². The van der Waals surface area contributed by atoms with Crippen LogP contribution < -0.4 is 5.32 Å². The lowest BCUT2D eigenvalue weighted by Crippen LogP contribution is -2.10. The molecule has 0 unspecified atom stereocenters. The van der Waals surface area contributed by atoms with Gasteiger partial charge in [-0.25, -0.2) is 0 Å². The van der Waals surface area contributed by atoms with Crippen LogP contribution in [0.25, 0.3) is 5.57 Å². The fourth-order valence-corrected chi connectivity index (χ4v) is 3.00. The number of hydrogen-bond acceptors (Lipinski definition) is 5. The lowest BCUT2D eigenvalue weighted by Gasteiger charge is -2.10. The number of carboxylic acids is 1. The molecule has 0 spiro atoms. The van der Waals surface area contributed by atoms with Crippen LogP contribution in [0.2, 0.25) is 0 Å². The molecule has 140 valence electrons. The maximum Gasteiger partial charge on any atom is 0.305 e. The van der Waals surface area contributed by atoms with Gasteiger partial charge >= 0.3 is 5.97 Å². The van der Waals surface area contributed by atoms with E-state index in [1.54, 1.807) is 13.8 Å². The molecular formula is C19H23NO4S2. The zero-order valence-electron chi connectivity index (χ0n) is 15.5. The Morgan fingerprint density at radius 3 is 2.12 bits per heavy atom. The van der Waals surface area contributed by atoms with E-state index < -0.39 is 5.97 Å². The maximum atomic E-state index is 12.2. The van der Waals surface area contributed by atoms with E-state index in [0.717, 1.165) is 11.3 Å². The number of rotatable bonds is 4. The highest BCUT2D eigenvalue weighted by atomic mass is 32.2. The number of para-hydroxylation sites is 1. The normalized spacial score (nSPS) is 14.3. The fraction of sp³-hybridized carbons (Fsp3) is 0.368. The third-order valence-electron chi connectivity index (χ3n) is 3.39. The van der Waals surface area contributed by atoms with Gasteiger partial charge in [-0.2, -0.15) is 0 Å². The molecule has 0 radical (unpaired) electrons. The highest BCUT2D eigenvalue weighted by molar-refractivity contribution is 8.26. The number of Topliss-reactive ketones (excluding diaryl/α,β-unsaturated/α-hetero) is 1. The van der Waals surface area contributed by atoms with E-state index in [4.69, 9.17) is 17.3 Å². The number of ketones is 1. The number of anilines is 1. The molecule has 1 aromatic carbocycles. The first kappa shape index (κ1) is 22.1. The van der Waals surface area contributed by atoms with Gasteiger partial charge in [0.2, 0.25) is 0 Å². The van der Waals surface area contributed by atoms with E-state index >= 15 is 0 Å². The van der Waals surface area contributed by atoms with Gasteiger partial charge in [-0.3, -0.25) is 14.4 Å². The number of allylic oxidation sites excluding steroid dienone is 1. The smallest absolute Gasteiger partial charge is 0.305 e. The zero-order valence-corrected chi connectivity index (χ0v) is 17.1. The predicted molar refractivity (Wildman–Crippen MR) is 110 cm³/mol. The van der Waals surface area contributed by atoms with E-state index in [0.29, 0.717) is 14.7 Å². The van der Waals surface area contributed by atoms with Gasteiger partial charge in [0.05, 0.1) is 20.6 Å². The molecule has 7 heteroatoms. The van der Waals surface area contributed by atoms with Crippen molar-refractivity contribution in [1.82, 2.24) is 0 Å². The number of carbonyl (C=O) groups is 3. The van der Waals surface area contributed by atoms with Gasteiger partial charge in [-0.05, 0) is 18.9 Å². The second-order valence-corrected chi connectivity index (χ2v) is 8.08. The largest absolute Gasteiger partial charge is 0.481 e. The van der Waals surface area contributed by atoms with E-state index in [2.05, 4.69) is 5.32 Å². The number of carbonyl (C=O) groups excluding carboxylic acids is 2. The molecule has 5 nitrogen and oxygen atoms in total. The lowest BCUT2D eigenvalue weighted by molar-refractivity contribution is -0.140. The number of nitrogens with one attached hydrogen (secondary N) is 1. The van der Waals surface area contributed by atoms with Crippen molar-refractivity contribution in [2.24, 2.45) is 11.8 Å². The van der Waals surface area contributed by atoms with E-state index in [1.807, 2.05) is 38.1 Å². The first-order valence-electron chi connectivity index (χ1n) is 8.16. The monoisotopic (exact) mass is 393 g/mol. The third kappa shape index (κ3) is 5.78. The van der Waals surface area contributed by atoms with Crippen molar-refractivity contribution in [2.45, 2.75) is 34.6 Å². The van der Waals surface area contributed by atoms with Gasteiger partial charge in [-0.1, -0.05) is 69.9 Å². The molecule has 0 saturated carbocycles. The Bertz CT molecular complexity index is 767. The molecule has 0 atom stereocenters. The Balaban J connectivity index is 0.000000487. The standard InChI is InChI=1S/C15H15NO2S2.C4H8O2/c1-8(2)15(19)20-13(9(3)17)12-10-6-4-5-7-11(10)16-14(12)18;1-3(2)4(5)6/h4-8H,1-3H3,(H,16,18);3H,1-2H3,(H,5,6)/b13-12-;. The number of carboxylic acid groups (broad SMARTS) is 1. The second kappa shape index (κ2) is 9.64. The van der Waals surface area contributed by atoms with Gasteiger partial charge in [0, 0.05) is 11.3 Å². The summed E-state index contributed by atoms with van der Waals surface area (Å²) in [4.78, 5) is 34.2. The molecule has 2 rings (SSSR count). The minimum atomic E-state index is -0.741. The maximum absolute atomic E-state index is 12.2. The van der Waals surface area contributed by atoms with Crippen molar-refractivity contribution in [3.05, 3.63) is 34.7 Å². The van der Waals surface area contributed by atoms with Crippen molar-refractivity contribution in [2.75, 3.05) is 5.32 Å². The molecule has 26 heavy (non-hydrogen) atoms. The molecular weight excluding hydrogens is 370 g/mol. The Morgan fingerprint density at radius 1 is 1.12 bits per heavy atom. The van der Waals surface area contributed by atoms with Crippen LogP contribution in [0, 0.1) is 11.8 Å². The number of thioether (sulfide) groups is 1. The predicted octanol–water partition coefficient (Wildman–Crippen LogP) is 4.38. The summed E-state index contributed by atoms with van der Waals surface area (Å²) in [5, 5.41) is 10.8. The summed E-state index contributed by atoms with van der Waals surface area (Å²) in [7, 11) is 0. The Labute approximate surface area is 163 Å². The molecule has 1 amide bonds. The average Bonchev–Trinajstić information content (AvgIpc) is 2.88. The van der Waals surface area contributed by atoms with E-state index in [-0.39, 0.29) is 23.5 Å². The van der Waals surface area contributed by atoms with Crippen LogP contribution in [0.4, 0.5) is 5.69 Å². The van der Waals surface area contributed by atoms with Gasteiger partial charge in [0.25, 0.3) is 5.91 Å². The van der Waals surface area contributed by atoms with Crippen LogP contribution in [0.15, 0.2) is 29.2 Å². The van der Waals surface area contributed by atoms with Gasteiger partial charge in [-0.15, -0.1) is 0 Å². The summed E-state index contributed by atoms with van der Waals surface area (Å²) >= 11 is 6.52. The van der Waals surface area contributed by atoms with Gasteiger partial charge in [0.1, 0.15) is 0 Å². The highest BCUT2D eigenvalue weighted by Crippen LogP contribution is 2.38. The number of thiocarbonyl (C=S) groups is 1. The average molecular weight is 394 g/mol. The summed E-state index contributed by atoms with van der Waals surface area (Å²) in [6, 6.07) is 7.36. The van der Waals surface area contributed by atoms with Crippen molar-refractivity contribution in [3.63, 3.8) is 0 Å². The van der Waals surface area contributed by atoms with Gasteiger partial charge in [0.15, 0.2) is 5.78 Å². The second-order valence-electron chi connectivity index (χ2n) is 6.33. The number of hydrogen-bond donors (Lipinski definition) is 2. The summed E-state index contributed by atoms with van der Waals surface area (Å²) in [5.74, 6) is -1.18. The highest BCUT2D eigenvalue weighted by Gasteiger charge is 2.29. The summed E-state index contributed by atoms with van der Waals surface area (Å²) in [6.45, 7) is 8.69. The molecule has 1 aliphatic heterocycles. The van der Waals surface area contributed by atoms with Gasteiger partial charge < -0.3 is 10.4 Å². The zero-order chi connectivity index (χ0) is 20.0. The molecule has 0 fully saturated rings. The topological polar surface area (TPSA) is 83.5 Å². The third-order valence-corrected chi connectivity index (χ3v) is 5.48. The van der Waals surface area contributed by atoms with Crippen LogP contribution >= 0.6 is 24.0 Å². The van der Waals surface area contributed by atoms with Crippen LogP contribution in [0.1, 0.15) is 40.2 Å². The minimum Gasteiger partial charge on any atom is -0.481 e. The summed E-state index contributed by atoms with van der Waals surface area (Å²) in [5.41, 5.74) is 1.94. The molecule has 0 bridgehead atoms. The Morgan fingerprint density at radius 2 is 1.65 bits per heavy atom. The fourth-order valence-electron chi connectivity index (χ4n) is 1.86. The molecule has 1 heterocycles. The Hall–Kier alpha value is -1.99. The molecule has 1 aromatic rings. The van der Waals surface area contributed by atoms with Crippen molar-refractivity contribution < 1.29 is 19.5 Å². The molecule has 0 aromatic heterocycles. The van der Waals surface area contributed by atoms with Crippen molar-refractivity contribution in [3.8, 4) is 0 Å². The quantitative estimate of drug-likeness (QED) is 0.583. The van der Waals surface area contributed by atoms with E-state index in [1.165, 1.54) is 18.7 Å². The molecule has 0 saturated heterocycles.